The zero-order valence-corrected chi connectivity index (χ0v) is 11.3. The third-order valence-electron chi connectivity index (χ3n) is 3.98. The van der Waals surface area contributed by atoms with Crippen molar-refractivity contribution in [3.8, 4) is 0 Å². The van der Waals surface area contributed by atoms with Crippen LogP contribution < -0.4 is 10.6 Å². The van der Waals surface area contributed by atoms with Crippen LogP contribution in [0.2, 0.25) is 0 Å². The highest BCUT2D eigenvalue weighted by Crippen LogP contribution is 2.22. The standard InChI is InChI=1S/C15H19N3O/c1-9-3-4-13-12(10(9)2)7-14(18-13)15(19)17-11-5-6-16-8-11/h3-4,7,11,16,18H,5-6,8H2,1-2H3,(H,17,19)/t11-/m1/s1. The van der Waals surface area contributed by atoms with Crippen molar-refractivity contribution in [3.63, 3.8) is 0 Å². The summed E-state index contributed by atoms with van der Waals surface area (Å²) in [5.74, 6) is -0.0121. The topological polar surface area (TPSA) is 56.9 Å². The number of nitrogens with one attached hydrogen (secondary N) is 3. The van der Waals surface area contributed by atoms with Gasteiger partial charge in [0.1, 0.15) is 5.69 Å². The zero-order valence-electron chi connectivity index (χ0n) is 11.3. The predicted molar refractivity (Wildman–Crippen MR) is 76.5 cm³/mol. The molecule has 1 atom stereocenters. The van der Waals surface area contributed by atoms with Gasteiger partial charge >= 0.3 is 0 Å². The van der Waals surface area contributed by atoms with Crippen LogP contribution in [0.15, 0.2) is 18.2 Å². The molecule has 1 fully saturated rings. The molecule has 1 aromatic heterocycles. The molecule has 0 aliphatic carbocycles. The number of hydrogen-bond donors (Lipinski definition) is 3. The Labute approximate surface area is 112 Å². The van der Waals surface area contributed by atoms with Crippen LogP contribution in [0.1, 0.15) is 28.0 Å². The number of aromatic amines is 1. The van der Waals surface area contributed by atoms with Crippen molar-refractivity contribution in [2.45, 2.75) is 26.3 Å². The molecule has 2 heterocycles. The normalized spacial score (nSPS) is 18.9. The van der Waals surface area contributed by atoms with E-state index in [1.807, 2.05) is 12.1 Å². The molecule has 100 valence electrons. The number of fused-ring (bicyclic) bond motifs is 1. The second-order valence-corrected chi connectivity index (χ2v) is 5.31. The molecule has 1 aliphatic heterocycles. The third-order valence-corrected chi connectivity index (χ3v) is 3.98. The summed E-state index contributed by atoms with van der Waals surface area (Å²) >= 11 is 0. The number of benzene rings is 1. The lowest BCUT2D eigenvalue weighted by Gasteiger charge is -2.09. The first-order valence-electron chi connectivity index (χ1n) is 6.75. The molecular formula is C15H19N3O. The van der Waals surface area contributed by atoms with Crippen molar-refractivity contribution in [1.29, 1.82) is 0 Å². The smallest absolute Gasteiger partial charge is 0.267 e. The van der Waals surface area contributed by atoms with Gasteiger partial charge in [0.15, 0.2) is 0 Å². The fourth-order valence-corrected chi connectivity index (χ4v) is 2.62. The SMILES string of the molecule is Cc1ccc2[nH]c(C(=O)N[C@@H]3CCNC3)cc2c1C. The lowest BCUT2D eigenvalue weighted by Crippen LogP contribution is -2.36. The van der Waals surface area contributed by atoms with E-state index < -0.39 is 0 Å². The van der Waals surface area contributed by atoms with E-state index in [0.717, 1.165) is 30.4 Å². The Morgan fingerprint density at radius 3 is 2.95 bits per heavy atom. The number of hydrogen-bond acceptors (Lipinski definition) is 2. The molecule has 4 nitrogen and oxygen atoms in total. The fourth-order valence-electron chi connectivity index (χ4n) is 2.62. The summed E-state index contributed by atoms with van der Waals surface area (Å²) < 4.78 is 0. The molecule has 2 aromatic rings. The molecule has 0 saturated carbocycles. The Morgan fingerprint density at radius 2 is 2.21 bits per heavy atom. The van der Waals surface area contributed by atoms with E-state index in [-0.39, 0.29) is 11.9 Å². The number of amides is 1. The van der Waals surface area contributed by atoms with Crippen molar-refractivity contribution < 1.29 is 4.79 Å². The molecule has 3 rings (SSSR count). The highest BCUT2D eigenvalue weighted by molar-refractivity contribution is 5.99. The molecule has 1 aromatic carbocycles. The third kappa shape index (κ3) is 2.24. The lowest BCUT2D eigenvalue weighted by molar-refractivity contribution is 0.0936. The van der Waals surface area contributed by atoms with Gasteiger partial charge in [-0.1, -0.05) is 6.07 Å². The van der Waals surface area contributed by atoms with Crippen LogP contribution in [0, 0.1) is 13.8 Å². The number of aromatic nitrogens is 1. The summed E-state index contributed by atoms with van der Waals surface area (Å²) in [6, 6.07) is 6.32. The minimum atomic E-state index is -0.0121. The van der Waals surface area contributed by atoms with E-state index in [9.17, 15) is 4.79 Å². The average Bonchev–Trinajstić information content (AvgIpc) is 3.02. The van der Waals surface area contributed by atoms with Gasteiger partial charge in [0.2, 0.25) is 0 Å². The van der Waals surface area contributed by atoms with Crippen LogP contribution in [0.3, 0.4) is 0 Å². The summed E-state index contributed by atoms with van der Waals surface area (Å²) in [7, 11) is 0. The Morgan fingerprint density at radius 1 is 1.37 bits per heavy atom. The monoisotopic (exact) mass is 257 g/mol. The van der Waals surface area contributed by atoms with E-state index in [1.165, 1.54) is 11.1 Å². The first kappa shape index (κ1) is 12.2. The molecule has 3 N–H and O–H groups in total. The van der Waals surface area contributed by atoms with Crippen LogP contribution in [-0.4, -0.2) is 30.0 Å². The van der Waals surface area contributed by atoms with Gasteiger partial charge in [-0.3, -0.25) is 4.79 Å². The summed E-state index contributed by atoms with van der Waals surface area (Å²) in [5.41, 5.74) is 4.15. The molecule has 1 saturated heterocycles. The van der Waals surface area contributed by atoms with Gasteiger partial charge in [-0.25, -0.2) is 0 Å². The summed E-state index contributed by atoms with van der Waals surface area (Å²) in [5, 5.41) is 7.44. The molecule has 19 heavy (non-hydrogen) atoms. The van der Waals surface area contributed by atoms with E-state index in [1.54, 1.807) is 0 Å². The van der Waals surface area contributed by atoms with E-state index >= 15 is 0 Å². The fraction of sp³-hybridized carbons (Fsp3) is 0.400. The molecule has 0 radical (unpaired) electrons. The number of rotatable bonds is 2. The van der Waals surface area contributed by atoms with Crippen LogP contribution in [0.25, 0.3) is 10.9 Å². The van der Waals surface area contributed by atoms with Crippen molar-refractivity contribution in [2.75, 3.05) is 13.1 Å². The maximum atomic E-state index is 12.2. The molecule has 1 aliphatic rings. The van der Waals surface area contributed by atoms with Crippen molar-refractivity contribution in [1.82, 2.24) is 15.6 Å². The van der Waals surface area contributed by atoms with Gasteiger partial charge in [-0.2, -0.15) is 0 Å². The largest absolute Gasteiger partial charge is 0.351 e. The van der Waals surface area contributed by atoms with Gasteiger partial charge in [0, 0.05) is 23.5 Å². The first-order chi connectivity index (χ1) is 9.15. The van der Waals surface area contributed by atoms with E-state index in [2.05, 4.69) is 35.5 Å². The summed E-state index contributed by atoms with van der Waals surface area (Å²) in [6.07, 6.45) is 1.00. The minimum absolute atomic E-state index is 0.0121. The average molecular weight is 257 g/mol. The van der Waals surface area contributed by atoms with Crippen LogP contribution in [0.4, 0.5) is 0 Å². The molecule has 1 amide bonds. The number of carbonyl (C=O) groups is 1. The Kier molecular flexibility index (Phi) is 3.03. The highest BCUT2D eigenvalue weighted by atomic mass is 16.1. The second-order valence-electron chi connectivity index (χ2n) is 5.31. The van der Waals surface area contributed by atoms with Gasteiger partial charge in [0.05, 0.1) is 0 Å². The Bertz CT molecular complexity index is 624. The van der Waals surface area contributed by atoms with Crippen LogP contribution in [0.5, 0.6) is 0 Å². The minimum Gasteiger partial charge on any atom is -0.351 e. The van der Waals surface area contributed by atoms with Gasteiger partial charge in [-0.05, 0) is 50.1 Å². The molecular weight excluding hydrogens is 238 g/mol. The molecule has 4 heteroatoms. The molecule has 0 unspecified atom stereocenters. The Hall–Kier alpha value is -1.81. The molecule has 0 spiro atoms. The first-order valence-corrected chi connectivity index (χ1v) is 6.75. The quantitative estimate of drug-likeness (QED) is 0.769. The second kappa shape index (κ2) is 4.70. The van der Waals surface area contributed by atoms with Gasteiger partial charge < -0.3 is 15.6 Å². The van der Waals surface area contributed by atoms with Crippen molar-refractivity contribution in [3.05, 3.63) is 35.0 Å². The van der Waals surface area contributed by atoms with E-state index in [0.29, 0.717) is 5.69 Å². The summed E-state index contributed by atoms with van der Waals surface area (Å²) in [6.45, 7) is 6.03. The molecule has 0 bridgehead atoms. The van der Waals surface area contributed by atoms with Gasteiger partial charge in [-0.15, -0.1) is 0 Å². The number of aryl methyl sites for hydroxylation is 2. The van der Waals surface area contributed by atoms with E-state index in [4.69, 9.17) is 0 Å². The summed E-state index contributed by atoms with van der Waals surface area (Å²) in [4.78, 5) is 15.4. The maximum Gasteiger partial charge on any atom is 0.267 e. The predicted octanol–water partition coefficient (Wildman–Crippen LogP) is 1.88. The van der Waals surface area contributed by atoms with Crippen LogP contribution >= 0.6 is 0 Å². The van der Waals surface area contributed by atoms with Crippen LogP contribution in [-0.2, 0) is 0 Å². The van der Waals surface area contributed by atoms with Crippen molar-refractivity contribution in [2.24, 2.45) is 0 Å². The number of H-pyrrole nitrogens is 1. The zero-order chi connectivity index (χ0) is 13.4. The Balaban J connectivity index is 1.88. The van der Waals surface area contributed by atoms with Gasteiger partial charge in [0.25, 0.3) is 5.91 Å². The maximum absolute atomic E-state index is 12.2. The highest BCUT2D eigenvalue weighted by Gasteiger charge is 2.18. The number of carbonyl (C=O) groups excluding carboxylic acids is 1. The van der Waals surface area contributed by atoms with Crippen molar-refractivity contribution >= 4 is 16.8 Å². The lowest BCUT2D eigenvalue weighted by atomic mass is 10.1.